The number of nitrogen functional groups attached to an aromatic ring is 1. The molecule has 5 nitrogen and oxygen atoms in total. The first-order chi connectivity index (χ1) is 10.2. The molecule has 1 aliphatic carbocycles. The molecule has 2 aromatic rings. The number of nitrogens with two attached hydrogens (primary N) is 1. The Hall–Kier alpha value is -2.30. The number of nitrogens with zero attached hydrogens (tertiary/aromatic N) is 2. The largest absolute Gasteiger partial charge is 0.397 e. The second-order valence-corrected chi connectivity index (χ2v) is 5.51. The minimum Gasteiger partial charge on any atom is -0.397 e. The minimum atomic E-state index is -0.102. The number of rotatable bonds is 3. The van der Waals surface area contributed by atoms with Gasteiger partial charge in [-0.15, -0.1) is 0 Å². The van der Waals surface area contributed by atoms with E-state index in [0.29, 0.717) is 11.4 Å². The van der Waals surface area contributed by atoms with E-state index in [1.165, 1.54) is 19.3 Å². The molecule has 0 aliphatic heterocycles. The Labute approximate surface area is 124 Å². The number of hydrogen-bond donors (Lipinski definition) is 2. The Morgan fingerprint density at radius 3 is 2.71 bits per heavy atom. The van der Waals surface area contributed by atoms with Crippen molar-refractivity contribution in [2.75, 3.05) is 5.73 Å². The van der Waals surface area contributed by atoms with Gasteiger partial charge in [-0.2, -0.15) is 5.10 Å². The highest BCUT2D eigenvalue weighted by Crippen LogP contribution is 2.18. The number of aromatic nitrogens is 2. The summed E-state index contributed by atoms with van der Waals surface area (Å²) in [6, 6.07) is 9.49. The van der Waals surface area contributed by atoms with Gasteiger partial charge in [-0.3, -0.25) is 4.79 Å². The van der Waals surface area contributed by atoms with Gasteiger partial charge in [0.1, 0.15) is 0 Å². The number of carbonyl (C=O) groups is 1. The van der Waals surface area contributed by atoms with E-state index >= 15 is 0 Å². The van der Waals surface area contributed by atoms with Gasteiger partial charge < -0.3 is 11.1 Å². The van der Waals surface area contributed by atoms with Crippen molar-refractivity contribution in [3.63, 3.8) is 0 Å². The average molecular weight is 284 g/mol. The SMILES string of the molecule is Nc1ccccc1-n1ccc(C(=O)NC2CCCCC2)n1. The van der Waals surface area contributed by atoms with E-state index in [9.17, 15) is 4.79 Å². The van der Waals surface area contributed by atoms with Crippen molar-refractivity contribution in [1.82, 2.24) is 15.1 Å². The normalized spacial score (nSPS) is 15.8. The van der Waals surface area contributed by atoms with Crippen LogP contribution in [0, 0.1) is 0 Å². The van der Waals surface area contributed by atoms with E-state index < -0.39 is 0 Å². The van der Waals surface area contributed by atoms with Crippen molar-refractivity contribution in [3.05, 3.63) is 42.2 Å². The van der Waals surface area contributed by atoms with Gasteiger partial charge >= 0.3 is 0 Å². The number of para-hydroxylation sites is 2. The third-order valence-corrected chi connectivity index (χ3v) is 3.95. The number of carbonyl (C=O) groups excluding carboxylic acids is 1. The van der Waals surface area contributed by atoms with Gasteiger partial charge in [0.25, 0.3) is 5.91 Å². The fourth-order valence-corrected chi connectivity index (χ4v) is 2.78. The number of benzene rings is 1. The first-order valence-electron chi connectivity index (χ1n) is 7.45. The molecule has 3 N–H and O–H groups in total. The van der Waals surface area contributed by atoms with Crippen LogP contribution in [0.2, 0.25) is 0 Å². The average Bonchev–Trinajstić information content (AvgIpc) is 2.98. The van der Waals surface area contributed by atoms with E-state index in [1.807, 2.05) is 24.3 Å². The van der Waals surface area contributed by atoms with Crippen molar-refractivity contribution >= 4 is 11.6 Å². The predicted octanol–water partition coefficient (Wildman–Crippen LogP) is 2.52. The number of amides is 1. The second kappa shape index (κ2) is 5.99. The van der Waals surface area contributed by atoms with Gasteiger partial charge in [-0.25, -0.2) is 4.68 Å². The molecule has 3 rings (SSSR count). The lowest BCUT2D eigenvalue weighted by molar-refractivity contribution is 0.0922. The van der Waals surface area contributed by atoms with E-state index in [2.05, 4.69) is 10.4 Å². The monoisotopic (exact) mass is 284 g/mol. The fraction of sp³-hybridized carbons (Fsp3) is 0.375. The molecule has 0 spiro atoms. The molecule has 0 radical (unpaired) electrons. The highest BCUT2D eigenvalue weighted by Gasteiger charge is 2.18. The lowest BCUT2D eigenvalue weighted by atomic mass is 9.95. The van der Waals surface area contributed by atoms with E-state index in [1.54, 1.807) is 16.9 Å². The maximum absolute atomic E-state index is 12.2. The van der Waals surface area contributed by atoms with Crippen molar-refractivity contribution < 1.29 is 4.79 Å². The number of nitrogens with one attached hydrogen (secondary N) is 1. The molecular formula is C16H20N4O. The van der Waals surface area contributed by atoms with Crippen molar-refractivity contribution in [2.24, 2.45) is 0 Å². The van der Waals surface area contributed by atoms with Crippen LogP contribution in [0.3, 0.4) is 0 Å². The van der Waals surface area contributed by atoms with Crippen LogP contribution in [0.1, 0.15) is 42.6 Å². The van der Waals surface area contributed by atoms with Gasteiger partial charge in [-0.05, 0) is 31.0 Å². The Kier molecular flexibility index (Phi) is 3.90. The second-order valence-electron chi connectivity index (χ2n) is 5.51. The van der Waals surface area contributed by atoms with Crippen LogP contribution < -0.4 is 11.1 Å². The summed E-state index contributed by atoms with van der Waals surface area (Å²) in [4.78, 5) is 12.2. The molecule has 110 valence electrons. The van der Waals surface area contributed by atoms with Crippen molar-refractivity contribution in [3.8, 4) is 5.69 Å². The summed E-state index contributed by atoms with van der Waals surface area (Å²) in [5.41, 5.74) is 7.79. The zero-order chi connectivity index (χ0) is 14.7. The van der Waals surface area contributed by atoms with Gasteiger partial charge in [0, 0.05) is 12.2 Å². The summed E-state index contributed by atoms with van der Waals surface area (Å²) in [6.45, 7) is 0. The summed E-state index contributed by atoms with van der Waals surface area (Å²) in [7, 11) is 0. The van der Waals surface area contributed by atoms with Gasteiger partial charge in [-0.1, -0.05) is 31.4 Å². The molecule has 1 aliphatic rings. The molecule has 0 saturated heterocycles. The molecule has 21 heavy (non-hydrogen) atoms. The molecule has 1 amide bonds. The highest BCUT2D eigenvalue weighted by molar-refractivity contribution is 5.92. The Balaban J connectivity index is 1.72. The Morgan fingerprint density at radius 1 is 1.19 bits per heavy atom. The Bertz CT molecular complexity index is 629. The van der Waals surface area contributed by atoms with E-state index in [-0.39, 0.29) is 11.9 Å². The van der Waals surface area contributed by atoms with Crippen LogP contribution in [0.4, 0.5) is 5.69 Å². The molecule has 1 aromatic heterocycles. The molecule has 1 heterocycles. The van der Waals surface area contributed by atoms with Gasteiger partial charge in [0.2, 0.25) is 0 Å². The molecular weight excluding hydrogens is 264 g/mol. The van der Waals surface area contributed by atoms with E-state index in [4.69, 9.17) is 5.73 Å². The van der Waals surface area contributed by atoms with Gasteiger partial charge in [0.05, 0.1) is 11.4 Å². The molecule has 5 heteroatoms. The molecule has 0 atom stereocenters. The lowest BCUT2D eigenvalue weighted by Crippen LogP contribution is -2.36. The lowest BCUT2D eigenvalue weighted by Gasteiger charge is -2.22. The van der Waals surface area contributed by atoms with Crippen LogP contribution in [0.15, 0.2) is 36.5 Å². The summed E-state index contributed by atoms with van der Waals surface area (Å²) >= 11 is 0. The predicted molar refractivity (Wildman–Crippen MR) is 82.3 cm³/mol. The summed E-state index contributed by atoms with van der Waals surface area (Å²) in [5.74, 6) is -0.102. The number of hydrogen-bond acceptors (Lipinski definition) is 3. The third-order valence-electron chi connectivity index (χ3n) is 3.95. The summed E-state index contributed by atoms with van der Waals surface area (Å²) in [5, 5.41) is 7.40. The first-order valence-corrected chi connectivity index (χ1v) is 7.45. The fourth-order valence-electron chi connectivity index (χ4n) is 2.78. The maximum Gasteiger partial charge on any atom is 0.272 e. The van der Waals surface area contributed by atoms with Crippen LogP contribution >= 0.6 is 0 Å². The quantitative estimate of drug-likeness (QED) is 0.851. The smallest absolute Gasteiger partial charge is 0.272 e. The topological polar surface area (TPSA) is 72.9 Å². The molecule has 1 aromatic carbocycles. The van der Waals surface area contributed by atoms with Gasteiger partial charge in [0.15, 0.2) is 5.69 Å². The van der Waals surface area contributed by atoms with Crippen LogP contribution in [0.5, 0.6) is 0 Å². The number of anilines is 1. The molecule has 0 bridgehead atoms. The molecule has 0 unspecified atom stereocenters. The molecule has 1 saturated carbocycles. The third kappa shape index (κ3) is 3.07. The standard InChI is InChI=1S/C16H20N4O/c17-13-8-4-5-9-15(13)20-11-10-14(19-20)16(21)18-12-6-2-1-3-7-12/h4-5,8-12H,1-3,6-7,17H2,(H,18,21). The zero-order valence-corrected chi connectivity index (χ0v) is 12.0. The summed E-state index contributed by atoms with van der Waals surface area (Å²) in [6.07, 6.45) is 7.56. The minimum absolute atomic E-state index is 0.102. The maximum atomic E-state index is 12.2. The highest BCUT2D eigenvalue weighted by atomic mass is 16.2. The van der Waals surface area contributed by atoms with E-state index in [0.717, 1.165) is 18.5 Å². The van der Waals surface area contributed by atoms with Crippen LogP contribution in [-0.4, -0.2) is 21.7 Å². The molecule has 1 fully saturated rings. The van der Waals surface area contributed by atoms with Crippen LogP contribution in [0.25, 0.3) is 5.69 Å². The van der Waals surface area contributed by atoms with Crippen molar-refractivity contribution in [2.45, 2.75) is 38.1 Å². The van der Waals surface area contributed by atoms with Crippen molar-refractivity contribution in [1.29, 1.82) is 0 Å². The Morgan fingerprint density at radius 2 is 1.95 bits per heavy atom. The first kappa shape index (κ1) is 13.7. The summed E-state index contributed by atoms with van der Waals surface area (Å²) < 4.78 is 1.64. The van der Waals surface area contributed by atoms with Crippen LogP contribution in [-0.2, 0) is 0 Å². The zero-order valence-electron chi connectivity index (χ0n) is 12.0.